The van der Waals surface area contributed by atoms with Crippen molar-refractivity contribution in [2.75, 3.05) is 26.4 Å². The molecule has 0 aromatic heterocycles. The van der Waals surface area contributed by atoms with Crippen molar-refractivity contribution in [2.24, 2.45) is 0 Å². The van der Waals surface area contributed by atoms with Crippen LogP contribution in [-0.4, -0.2) is 193 Å². The maximum atomic E-state index is 13.3. The highest BCUT2D eigenvalue weighted by atomic mass is 16.8. The molecule has 0 bridgehead atoms. The molecule has 0 aliphatic carbocycles. The third kappa shape index (κ3) is 30.3. The summed E-state index contributed by atoms with van der Waals surface area (Å²) >= 11 is 0. The zero-order valence-corrected chi connectivity index (χ0v) is 51.4. The van der Waals surface area contributed by atoms with E-state index in [1.807, 2.05) is 6.08 Å². The Hall–Kier alpha value is -2.25. The molecule has 0 saturated carbocycles. The van der Waals surface area contributed by atoms with E-state index in [1.165, 1.54) is 148 Å². The molecule has 12 N–H and O–H groups in total. The van der Waals surface area contributed by atoms with Gasteiger partial charge in [-0.3, -0.25) is 4.79 Å². The quantitative estimate of drug-likeness (QED) is 0.0208. The van der Waals surface area contributed by atoms with E-state index in [1.54, 1.807) is 6.08 Å². The van der Waals surface area contributed by atoms with Crippen LogP contribution in [0.25, 0.3) is 0 Å². The lowest BCUT2D eigenvalue weighted by Crippen LogP contribution is -2.66. The van der Waals surface area contributed by atoms with Crippen LogP contribution in [0.2, 0.25) is 0 Å². The molecule has 3 rings (SSSR count). The maximum absolute atomic E-state index is 13.3. The number of unbranched alkanes of at least 4 members (excludes halogenated alkanes) is 27. The van der Waals surface area contributed by atoms with E-state index < -0.39 is 124 Å². The van der Waals surface area contributed by atoms with Crippen LogP contribution in [0.5, 0.6) is 0 Å². The third-order valence-electron chi connectivity index (χ3n) is 16.3. The molecular weight excluding hydrogens is 1080 g/mol. The molecule has 3 fully saturated rings. The predicted octanol–water partition coefficient (Wildman–Crippen LogP) is 7.43. The van der Waals surface area contributed by atoms with E-state index in [0.717, 1.165) is 44.9 Å². The zero-order chi connectivity index (χ0) is 61.2. The number of hydrogen-bond donors (Lipinski definition) is 12. The van der Waals surface area contributed by atoms with Crippen LogP contribution in [0, 0.1) is 0 Å². The van der Waals surface area contributed by atoms with Crippen LogP contribution >= 0.6 is 0 Å². The van der Waals surface area contributed by atoms with Gasteiger partial charge >= 0.3 is 0 Å². The molecule has 3 heterocycles. The number of nitrogens with one attached hydrogen (secondary N) is 1. The van der Waals surface area contributed by atoms with E-state index >= 15 is 0 Å². The molecule has 3 aliphatic rings. The highest BCUT2D eigenvalue weighted by molar-refractivity contribution is 5.76. The Morgan fingerprint density at radius 2 is 0.798 bits per heavy atom. The molecule has 3 aliphatic heterocycles. The summed E-state index contributed by atoms with van der Waals surface area (Å²) in [5, 5.41) is 120. The summed E-state index contributed by atoms with van der Waals surface area (Å²) in [6, 6.07) is -0.989. The minimum absolute atomic E-state index is 0.235. The van der Waals surface area contributed by atoms with Crippen LogP contribution in [-0.2, 0) is 33.2 Å². The fourth-order valence-corrected chi connectivity index (χ4v) is 10.9. The Labute approximate surface area is 503 Å². The van der Waals surface area contributed by atoms with Gasteiger partial charge in [0.05, 0.1) is 38.6 Å². The number of allylic oxidation sites excluding steroid dienone is 7. The molecule has 19 heteroatoms. The highest BCUT2D eigenvalue weighted by Crippen LogP contribution is 2.33. The van der Waals surface area contributed by atoms with Gasteiger partial charge in [-0.15, -0.1) is 0 Å². The molecule has 84 heavy (non-hydrogen) atoms. The lowest BCUT2D eigenvalue weighted by molar-refractivity contribution is -0.379. The minimum Gasteiger partial charge on any atom is -0.394 e. The Balaban J connectivity index is 1.41. The topological polar surface area (TPSA) is 307 Å². The molecule has 1 amide bonds. The number of carbonyl (C=O) groups excluding carboxylic acids is 1. The second kappa shape index (κ2) is 47.7. The van der Waals surface area contributed by atoms with Crippen LogP contribution < -0.4 is 5.32 Å². The first-order chi connectivity index (χ1) is 40.8. The van der Waals surface area contributed by atoms with Gasteiger partial charge in [0.1, 0.15) is 73.2 Å². The van der Waals surface area contributed by atoms with Crippen molar-refractivity contribution in [3.05, 3.63) is 48.6 Å². The number of aliphatic hydroxyl groups excluding tert-OH is 11. The van der Waals surface area contributed by atoms with E-state index in [2.05, 4.69) is 55.6 Å². The minimum atomic E-state index is -1.98. The summed E-state index contributed by atoms with van der Waals surface area (Å²) < 4.78 is 34.2. The first-order valence-corrected chi connectivity index (χ1v) is 32.9. The number of hydrogen-bond acceptors (Lipinski definition) is 18. The molecule has 0 aromatic rings. The summed E-state index contributed by atoms with van der Waals surface area (Å²) in [6.45, 7) is 1.67. The fourth-order valence-electron chi connectivity index (χ4n) is 10.9. The molecule has 3 saturated heterocycles. The smallest absolute Gasteiger partial charge is 0.220 e. The highest BCUT2D eigenvalue weighted by Gasteiger charge is 2.53. The van der Waals surface area contributed by atoms with Crippen molar-refractivity contribution >= 4 is 5.91 Å². The van der Waals surface area contributed by atoms with Crippen molar-refractivity contribution in [1.29, 1.82) is 0 Å². The number of amides is 1. The molecule has 0 radical (unpaired) electrons. The Morgan fingerprint density at radius 1 is 0.429 bits per heavy atom. The van der Waals surface area contributed by atoms with E-state index in [0.29, 0.717) is 12.8 Å². The fraction of sp³-hybridized carbons (Fsp3) is 0.862. The van der Waals surface area contributed by atoms with Gasteiger partial charge in [-0.05, 0) is 64.2 Å². The molecule has 17 atom stereocenters. The van der Waals surface area contributed by atoms with Gasteiger partial charge in [0.15, 0.2) is 18.9 Å². The van der Waals surface area contributed by atoms with Crippen LogP contribution in [0.15, 0.2) is 48.6 Å². The molecule has 17 unspecified atom stereocenters. The van der Waals surface area contributed by atoms with Gasteiger partial charge in [-0.1, -0.05) is 204 Å². The summed E-state index contributed by atoms with van der Waals surface area (Å²) in [6.07, 6.45) is 28.2. The molecule has 490 valence electrons. The van der Waals surface area contributed by atoms with Gasteiger partial charge in [0, 0.05) is 6.42 Å². The number of aliphatic hydroxyl groups is 11. The van der Waals surface area contributed by atoms with Gasteiger partial charge in [-0.25, -0.2) is 0 Å². The third-order valence-corrected chi connectivity index (χ3v) is 16.3. The van der Waals surface area contributed by atoms with Crippen molar-refractivity contribution in [3.63, 3.8) is 0 Å². The lowest BCUT2D eigenvalue weighted by atomic mass is 9.96. The average Bonchev–Trinajstić information content (AvgIpc) is 2.98. The number of rotatable bonds is 49. The summed E-state index contributed by atoms with van der Waals surface area (Å²) in [4.78, 5) is 13.3. The summed E-state index contributed by atoms with van der Waals surface area (Å²) in [7, 11) is 0. The van der Waals surface area contributed by atoms with Gasteiger partial charge < -0.3 is 89.9 Å². The monoisotopic (exact) mass is 1200 g/mol. The van der Waals surface area contributed by atoms with Gasteiger partial charge in [-0.2, -0.15) is 0 Å². The molecule has 0 aromatic carbocycles. The second-order valence-electron chi connectivity index (χ2n) is 23.6. The first kappa shape index (κ1) is 76.0. The van der Waals surface area contributed by atoms with E-state index in [-0.39, 0.29) is 18.9 Å². The SMILES string of the molecule is CCCCCCC/C=C\C/C=C\CCCCCCCCCCCCCCCCCC(=O)NC(COC1OC(CO)C(OC2OC(CO)C(OC3OC(CO)C(O)C(O)C3O)C(O)C2O)C(O)C1O)C(O)/C=C/CC/C=C/CCCCCCCC. The standard InChI is InChI=1S/C65H117NO18/c1-3-5-7-9-11-13-15-17-18-19-20-21-22-23-24-25-26-27-28-29-30-31-33-35-37-39-41-43-53(71)66-48(49(70)42-40-38-36-34-32-16-14-12-10-8-6-4-2)47-79-63-59(77)56(74)61(51(45-68)81-63)84-65-60(78)57(75)62(52(46-69)82-65)83-64-58(76)55(73)54(72)50(44-67)80-64/h15,17,19-20,32,34,40,42,48-52,54-65,67-70,72-78H,3-14,16,18,21-31,33,35-39,41,43-47H2,1-2H3,(H,66,71)/b17-15-,20-19-,34-32+,42-40+. The molecule has 0 spiro atoms. The zero-order valence-electron chi connectivity index (χ0n) is 51.4. The van der Waals surface area contributed by atoms with Gasteiger partial charge in [0.2, 0.25) is 5.91 Å². The number of ether oxygens (including phenoxy) is 6. The first-order valence-electron chi connectivity index (χ1n) is 32.9. The maximum Gasteiger partial charge on any atom is 0.220 e. The normalized spacial score (nSPS) is 29.5. The Bertz CT molecular complexity index is 1720. The summed E-state index contributed by atoms with van der Waals surface area (Å²) in [5.41, 5.74) is 0. The van der Waals surface area contributed by atoms with Crippen molar-refractivity contribution in [1.82, 2.24) is 5.32 Å². The van der Waals surface area contributed by atoms with Crippen molar-refractivity contribution in [2.45, 2.75) is 330 Å². The van der Waals surface area contributed by atoms with Crippen LogP contribution in [0.4, 0.5) is 0 Å². The Morgan fingerprint density at radius 3 is 1.26 bits per heavy atom. The van der Waals surface area contributed by atoms with Crippen LogP contribution in [0.1, 0.15) is 226 Å². The van der Waals surface area contributed by atoms with Crippen LogP contribution in [0.3, 0.4) is 0 Å². The Kier molecular flexibility index (Phi) is 43.2. The largest absolute Gasteiger partial charge is 0.394 e. The second-order valence-corrected chi connectivity index (χ2v) is 23.6. The van der Waals surface area contributed by atoms with Gasteiger partial charge in [0.25, 0.3) is 0 Å². The lowest BCUT2D eigenvalue weighted by Gasteiger charge is -2.48. The molecule has 19 nitrogen and oxygen atoms in total. The van der Waals surface area contributed by atoms with E-state index in [9.17, 15) is 61.0 Å². The van der Waals surface area contributed by atoms with Crippen molar-refractivity contribution in [3.8, 4) is 0 Å². The predicted molar refractivity (Wildman–Crippen MR) is 323 cm³/mol. The average molecular weight is 1200 g/mol. The molecular formula is C65H117NO18. The number of carbonyl (C=O) groups is 1. The summed E-state index contributed by atoms with van der Waals surface area (Å²) in [5.74, 6) is -0.287. The van der Waals surface area contributed by atoms with Crippen molar-refractivity contribution < 1.29 is 89.4 Å². The van der Waals surface area contributed by atoms with E-state index in [4.69, 9.17) is 28.4 Å².